The van der Waals surface area contributed by atoms with Crippen LogP contribution >= 0.6 is 11.6 Å². The van der Waals surface area contributed by atoms with Crippen molar-refractivity contribution in [3.63, 3.8) is 0 Å². The molecule has 8 nitrogen and oxygen atoms in total. The van der Waals surface area contributed by atoms with Crippen LogP contribution in [0.5, 0.6) is 5.75 Å². The Bertz CT molecular complexity index is 1100. The van der Waals surface area contributed by atoms with E-state index in [-0.39, 0.29) is 29.5 Å². The van der Waals surface area contributed by atoms with E-state index in [1.807, 2.05) is 6.07 Å². The molecule has 0 bridgehead atoms. The van der Waals surface area contributed by atoms with Gasteiger partial charge < -0.3 is 20.5 Å². The number of amides is 2. The van der Waals surface area contributed by atoms with Gasteiger partial charge in [0.25, 0.3) is 5.91 Å². The van der Waals surface area contributed by atoms with E-state index in [9.17, 15) is 19.6 Å². The van der Waals surface area contributed by atoms with E-state index in [0.29, 0.717) is 42.1 Å². The molecule has 1 fully saturated rings. The van der Waals surface area contributed by atoms with Crippen molar-refractivity contribution in [2.45, 2.75) is 32.2 Å². The van der Waals surface area contributed by atoms with Crippen LogP contribution in [0.4, 0.5) is 5.69 Å². The average Bonchev–Trinajstić information content (AvgIpc) is 2.82. The minimum Gasteiger partial charge on any atom is -0.495 e. The third-order valence-electron chi connectivity index (χ3n) is 5.77. The Balaban J connectivity index is 1.70. The van der Waals surface area contributed by atoms with Gasteiger partial charge in [0, 0.05) is 12.5 Å². The summed E-state index contributed by atoms with van der Waals surface area (Å²) in [5.41, 5.74) is 1.50. The maximum atomic E-state index is 12.9. The van der Waals surface area contributed by atoms with Crippen molar-refractivity contribution in [2.24, 2.45) is 11.8 Å². The van der Waals surface area contributed by atoms with Crippen LogP contribution in [0.3, 0.4) is 0 Å². The van der Waals surface area contributed by atoms with Crippen LogP contribution in [0, 0.1) is 23.2 Å². The lowest BCUT2D eigenvalue weighted by Crippen LogP contribution is -2.31. The number of anilines is 1. The van der Waals surface area contributed by atoms with Crippen LogP contribution in [0.1, 0.15) is 47.2 Å². The molecule has 3 N–H and O–H groups in total. The van der Waals surface area contributed by atoms with Crippen molar-refractivity contribution in [3.8, 4) is 11.8 Å². The van der Waals surface area contributed by atoms with Gasteiger partial charge in [-0.1, -0.05) is 17.7 Å². The van der Waals surface area contributed by atoms with Gasteiger partial charge >= 0.3 is 5.97 Å². The van der Waals surface area contributed by atoms with Crippen LogP contribution in [0.15, 0.2) is 36.4 Å². The number of hydrogen-bond acceptors (Lipinski definition) is 5. The molecule has 9 heteroatoms. The van der Waals surface area contributed by atoms with Gasteiger partial charge in [0.05, 0.1) is 40.9 Å². The SMILES string of the molecule is COc1ccc(CNC(=O)c2cc(C#N)ccc2NC(=O)C2CCC(C(=O)O)CC2)cc1Cl. The standard InChI is InChI=1S/C24H24ClN3O5/c1-33-21-9-3-15(11-19(21)25)13-27-23(30)18-10-14(12-26)2-8-20(18)28-22(29)16-4-6-17(7-5-16)24(31)32/h2-3,8-11,16-17H,4-7,13H2,1H3,(H,27,30)(H,28,29)(H,31,32). The van der Waals surface area contributed by atoms with Gasteiger partial charge in [-0.05, 0) is 61.6 Å². The number of halogens is 1. The molecule has 2 amide bonds. The summed E-state index contributed by atoms with van der Waals surface area (Å²) in [6, 6.07) is 11.6. The number of carboxylic acids is 1. The van der Waals surface area contributed by atoms with Crippen molar-refractivity contribution in [1.29, 1.82) is 5.26 Å². The monoisotopic (exact) mass is 469 g/mol. The fourth-order valence-electron chi connectivity index (χ4n) is 3.85. The van der Waals surface area contributed by atoms with Crippen molar-refractivity contribution in [3.05, 3.63) is 58.1 Å². The van der Waals surface area contributed by atoms with Gasteiger partial charge in [-0.3, -0.25) is 14.4 Å². The lowest BCUT2D eigenvalue weighted by atomic mass is 9.81. The number of aliphatic carboxylic acids is 1. The second-order valence-corrected chi connectivity index (χ2v) is 8.31. The minimum atomic E-state index is -0.835. The summed E-state index contributed by atoms with van der Waals surface area (Å²) in [4.78, 5) is 36.8. The zero-order valence-electron chi connectivity index (χ0n) is 18.1. The number of carboxylic acid groups (broad SMARTS) is 1. The molecule has 0 atom stereocenters. The molecule has 0 aliphatic heterocycles. The highest BCUT2D eigenvalue weighted by Gasteiger charge is 2.30. The highest BCUT2D eigenvalue weighted by molar-refractivity contribution is 6.32. The predicted molar refractivity (Wildman–Crippen MR) is 122 cm³/mol. The first-order chi connectivity index (χ1) is 15.8. The fourth-order valence-corrected chi connectivity index (χ4v) is 4.13. The zero-order chi connectivity index (χ0) is 24.0. The second kappa shape index (κ2) is 10.8. The Labute approximate surface area is 196 Å². The van der Waals surface area contributed by atoms with E-state index in [2.05, 4.69) is 10.6 Å². The Hall–Kier alpha value is -3.57. The van der Waals surface area contributed by atoms with E-state index in [0.717, 1.165) is 5.56 Å². The number of ether oxygens (including phenoxy) is 1. The van der Waals surface area contributed by atoms with Crippen LogP contribution in [-0.4, -0.2) is 30.0 Å². The zero-order valence-corrected chi connectivity index (χ0v) is 18.8. The molecule has 0 aromatic heterocycles. The molecular weight excluding hydrogens is 446 g/mol. The summed E-state index contributed by atoms with van der Waals surface area (Å²) < 4.78 is 5.12. The third kappa shape index (κ3) is 6.02. The third-order valence-corrected chi connectivity index (χ3v) is 6.06. The van der Waals surface area contributed by atoms with Crippen molar-refractivity contribution in [1.82, 2.24) is 5.32 Å². The van der Waals surface area contributed by atoms with Gasteiger partial charge in [0.15, 0.2) is 0 Å². The lowest BCUT2D eigenvalue weighted by molar-refractivity contribution is -0.143. The van der Waals surface area contributed by atoms with E-state index in [1.165, 1.54) is 25.3 Å². The molecular formula is C24H24ClN3O5. The number of hydrogen-bond donors (Lipinski definition) is 3. The summed E-state index contributed by atoms with van der Waals surface area (Å²) in [6.07, 6.45) is 1.83. The molecule has 0 radical (unpaired) electrons. The number of rotatable bonds is 7. The summed E-state index contributed by atoms with van der Waals surface area (Å²) in [5.74, 6) is -1.78. The largest absolute Gasteiger partial charge is 0.495 e. The van der Waals surface area contributed by atoms with Gasteiger partial charge in [0.2, 0.25) is 5.91 Å². The van der Waals surface area contributed by atoms with Crippen molar-refractivity contribution < 1.29 is 24.2 Å². The summed E-state index contributed by atoms with van der Waals surface area (Å²) in [6.45, 7) is 0.186. The number of carbonyl (C=O) groups is 3. The molecule has 0 saturated heterocycles. The number of nitrogens with zero attached hydrogens (tertiary/aromatic N) is 1. The molecule has 0 heterocycles. The number of nitrogens with one attached hydrogen (secondary N) is 2. The normalized spacial score (nSPS) is 17.5. The molecule has 172 valence electrons. The molecule has 1 aliphatic carbocycles. The molecule has 2 aromatic carbocycles. The first kappa shape index (κ1) is 24.1. The lowest BCUT2D eigenvalue weighted by Gasteiger charge is -2.25. The Morgan fingerprint density at radius 1 is 1.12 bits per heavy atom. The second-order valence-electron chi connectivity index (χ2n) is 7.90. The van der Waals surface area contributed by atoms with E-state index >= 15 is 0 Å². The quantitative estimate of drug-likeness (QED) is 0.562. The van der Waals surface area contributed by atoms with Crippen molar-refractivity contribution in [2.75, 3.05) is 12.4 Å². The predicted octanol–water partition coefficient (Wildman–Crippen LogP) is 3.98. The van der Waals surface area contributed by atoms with Crippen molar-refractivity contribution >= 4 is 35.1 Å². The number of methoxy groups -OCH3 is 1. The molecule has 2 aromatic rings. The number of carbonyl (C=O) groups excluding carboxylic acids is 2. The van der Waals surface area contributed by atoms with E-state index in [4.69, 9.17) is 21.4 Å². The maximum Gasteiger partial charge on any atom is 0.306 e. The van der Waals surface area contributed by atoms with Gasteiger partial charge in [0.1, 0.15) is 5.75 Å². The average molecular weight is 470 g/mol. The van der Waals surface area contributed by atoms with Gasteiger partial charge in [-0.25, -0.2) is 0 Å². The summed E-state index contributed by atoms with van der Waals surface area (Å²) >= 11 is 6.13. The van der Waals surface area contributed by atoms with E-state index in [1.54, 1.807) is 18.2 Å². The van der Waals surface area contributed by atoms with Crippen LogP contribution in [0.25, 0.3) is 0 Å². The molecule has 1 aliphatic rings. The van der Waals surface area contributed by atoms with Crippen LogP contribution in [0.2, 0.25) is 5.02 Å². The highest BCUT2D eigenvalue weighted by atomic mass is 35.5. The summed E-state index contributed by atoms with van der Waals surface area (Å²) in [5, 5.41) is 24.3. The van der Waals surface area contributed by atoms with Gasteiger partial charge in [-0.15, -0.1) is 0 Å². The highest BCUT2D eigenvalue weighted by Crippen LogP contribution is 2.30. The van der Waals surface area contributed by atoms with E-state index < -0.39 is 17.8 Å². The smallest absolute Gasteiger partial charge is 0.306 e. The molecule has 0 unspecified atom stereocenters. The number of nitriles is 1. The molecule has 3 rings (SSSR count). The van der Waals surface area contributed by atoms with Crippen LogP contribution < -0.4 is 15.4 Å². The topological polar surface area (TPSA) is 129 Å². The first-order valence-electron chi connectivity index (χ1n) is 10.5. The summed E-state index contributed by atoms with van der Waals surface area (Å²) in [7, 11) is 1.51. The Morgan fingerprint density at radius 2 is 1.82 bits per heavy atom. The first-order valence-corrected chi connectivity index (χ1v) is 10.9. The molecule has 33 heavy (non-hydrogen) atoms. The Morgan fingerprint density at radius 3 is 2.42 bits per heavy atom. The minimum absolute atomic E-state index is 0.168. The molecule has 1 saturated carbocycles. The van der Waals surface area contributed by atoms with Gasteiger partial charge in [-0.2, -0.15) is 5.26 Å². The fraction of sp³-hybridized carbons (Fsp3) is 0.333. The maximum absolute atomic E-state index is 12.9. The van der Waals surface area contributed by atoms with Crippen LogP contribution in [-0.2, 0) is 16.1 Å². The number of benzene rings is 2. The molecule has 0 spiro atoms. The Kier molecular flexibility index (Phi) is 7.91.